The molecule has 2 aliphatic rings. The van der Waals surface area contributed by atoms with Crippen molar-refractivity contribution in [1.29, 1.82) is 0 Å². The molecule has 0 unspecified atom stereocenters. The van der Waals surface area contributed by atoms with Crippen LogP contribution in [0, 0.1) is 19.7 Å². The van der Waals surface area contributed by atoms with Crippen LogP contribution in [-0.4, -0.2) is 33.4 Å². The molecule has 4 rings (SSSR count). The van der Waals surface area contributed by atoms with Crippen LogP contribution in [0.3, 0.4) is 0 Å². The van der Waals surface area contributed by atoms with Crippen molar-refractivity contribution in [2.45, 2.75) is 56.8 Å². The summed E-state index contributed by atoms with van der Waals surface area (Å²) in [5, 5.41) is 23.7. The molecule has 1 amide bonds. The van der Waals surface area contributed by atoms with E-state index in [0.29, 0.717) is 27.8 Å². The Morgan fingerprint density at radius 1 is 1.06 bits per heavy atom. The Balaban J connectivity index is 1.78. The maximum atomic E-state index is 14.0. The fraction of sp³-hybridized carbons (Fsp3) is 0.375. The van der Waals surface area contributed by atoms with Crippen molar-refractivity contribution < 1.29 is 32.6 Å². The topological polar surface area (TPSA) is 69.6 Å². The Morgan fingerprint density at radius 2 is 1.70 bits per heavy atom. The van der Waals surface area contributed by atoms with E-state index in [0.717, 1.165) is 0 Å². The van der Waals surface area contributed by atoms with E-state index in [1.54, 1.807) is 32.0 Å². The minimum absolute atomic E-state index is 0.0151. The molecule has 176 valence electrons. The third kappa shape index (κ3) is 3.69. The molecule has 0 saturated heterocycles. The van der Waals surface area contributed by atoms with Gasteiger partial charge in [0.15, 0.2) is 5.60 Å². The van der Waals surface area contributed by atoms with E-state index in [-0.39, 0.29) is 29.2 Å². The normalized spacial score (nSPS) is 25.6. The number of rotatable bonds is 2. The molecule has 0 atom stereocenters. The van der Waals surface area contributed by atoms with Gasteiger partial charge < -0.3 is 15.5 Å². The largest absolute Gasteiger partial charge is 0.509 e. The first-order valence-corrected chi connectivity index (χ1v) is 10.8. The lowest BCUT2D eigenvalue weighted by Crippen LogP contribution is -2.56. The van der Waals surface area contributed by atoms with E-state index in [2.05, 4.69) is 5.32 Å². The highest BCUT2D eigenvalue weighted by Gasteiger charge is 2.60. The second-order valence-electron chi connectivity index (χ2n) is 8.85. The summed E-state index contributed by atoms with van der Waals surface area (Å²) < 4.78 is 53.7. The van der Waals surface area contributed by atoms with Crippen LogP contribution in [0.2, 0.25) is 5.02 Å². The molecule has 9 heteroatoms. The Morgan fingerprint density at radius 3 is 2.27 bits per heavy atom. The molecule has 0 bridgehead atoms. The lowest BCUT2D eigenvalue weighted by atomic mass is 9.73. The Bertz CT molecular complexity index is 1180. The van der Waals surface area contributed by atoms with Crippen molar-refractivity contribution in [3.05, 3.63) is 63.6 Å². The van der Waals surface area contributed by atoms with Crippen molar-refractivity contribution in [2.75, 3.05) is 0 Å². The van der Waals surface area contributed by atoms with E-state index in [1.165, 1.54) is 12.1 Å². The molecule has 1 saturated carbocycles. The van der Waals surface area contributed by atoms with Gasteiger partial charge in [-0.15, -0.1) is 0 Å². The van der Waals surface area contributed by atoms with Crippen LogP contribution in [0.25, 0.3) is 16.7 Å². The second-order valence-corrected chi connectivity index (χ2v) is 9.26. The van der Waals surface area contributed by atoms with Gasteiger partial charge >= 0.3 is 6.18 Å². The zero-order valence-corrected chi connectivity index (χ0v) is 18.7. The molecule has 3 N–H and O–H groups in total. The van der Waals surface area contributed by atoms with E-state index in [9.17, 15) is 32.6 Å². The molecule has 0 aromatic heterocycles. The quantitative estimate of drug-likeness (QED) is 0.475. The van der Waals surface area contributed by atoms with Gasteiger partial charge in [0.1, 0.15) is 11.6 Å². The number of aliphatic hydroxyl groups excluding tert-OH is 1. The van der Waals surface area contributed by atoms with Gasteiger partial charge in [0.25, 0.3) is 5.91 Å². The van der Waals surface area contributed by atoms with Crippen molar-refractivity contribution >= 4 is 23.1 Å². The van der Waals surface area contributed by atoms with Crippen molar-refractivity contribution in [1.82, 2.24) is 5.32 Å². The maximum absolute atomic E-state index is 14.0. The standard InChI is InChI=1S/C24H22ClF4NO3/c1-12-3-5-15(14-4-6-16(25)17(26)11-14)13(2)18(12)19-20(31)22(30-21(19)32)7-9-23(33,10-8-22)24(27,28)29/h3-6,11,31,33H,7-10H2,1-2H3,(H,30,32)/t22-,23-. The highest BCUT2D eigenvalue weighted by atomic mass is 35.5. The van der Waals surface area contributed by atoms with Crippen LogP contribution in [0.1, 0.15) is 42.4 Å². The van der Waals surface area contributed by atoms with Gasteiger partial charge in [0, 0.05) is 0 Å². The third-order valence-corrected chi connectivity index (χ3v) is 7.19. The lowest BCUT2D eigenvalue weighted by molar-refractivity contribution is -0.272. The molecule has 1 fully saturated rings. The zero-order valence-electron chi connectivity index (χ0n) is 17.9. The molecule has 2 aromatic rings. The first-order valence-electron chi connectivity index (χ1n) is 10.4. The number of halogens is 5. The summed E-state index contributed by atoms with van der Waals surface area (Å²) in [6.45, 7) is 3.47. The molecule has 4 nitrogen and oxygen atoms in total. The predicted molar refractivity (Wildman–Crippen MR) is 116 cm³/mol. The van der Waals surface area contributed by atoms with Gasteiger partial charge in [-0.2, -0.15) is 13.2 Å². The molecular formula is C24H22ClF4NO3. The fourth-order valence-electron chi connectivity index (χ4n) is 4.86. The Labute approximate surface area is 192 Å². The summed E-state index contributed by atoms with van der Waals surface area (Å²) in [7, 11) is 0. The summed E-state index contributed by atoms with van der Waals surface area (Å²) in [6.07, 6.45) is -6.60. The molecule has 0 radical (unpaired) electrons. The number of benzene rings is 2. The van der Waals surface area contributed by atoms with E-state index in [1.807, 2.05) is 0 Å². The first kappa shape index (κ1) is 23.6. The number of amides is 1. The van der Waals surface area contributed by atoms with Crippen LogP contribution in [-0.2, 0) is 4.79 Å². The number of hydrogen-bond acceptors (Lipinski definition) is 3. The van der Waals surface area contributed by atoms with E-state index < -0.39 is 41.9 Å². The summed E-state index contributed by atoms with van der Waals surface area (Å²) in [5.74, 6) is -1.53. The summed E-state index contributed by atoms with van der Waals surface area (Å²) in [5.41, 5.74) is -1.38. The number of aryl methyl sites for hydroxylation is 1. The number of hydrogen-bond donors (Lipinski definition) is 3. The molecule has 1 spiro atoms. The third-order valence-electron chi connectivity index (χ3n) is 6.88. The number of alkyl halides is 3. The summed E-state index contributed by atoms with van der Waals surface area (Å²) >= 11 is 5.78. The predicted octanol–water partition coefficient (Wildman–Crippen LogP) is 5.77. The maximum Gasteiger partial charge on any atom is 0.417 e. The molecule has 2 aromatic carbocycles. The Hall–Kier alpha value is -2.58. The van der Waals surface area contributed by atoms with Crippen LogP contribution in [0.4, 0.5) is 17.6 Å². The van der Waals surface area contributed by atoms with E-state index in [4.69, 9.17) is 11.6 Å². The van der Waals surface area contributed by atoms with E-state index >= 15 is 0 Å². The van der Waals surface area contributed by atoms with Crippen LogP contribution >= 0.6 is 11.6 Å². The van der Waals surface area contributed by atoms with Crippen LogP contribution in [0.5, 0.6) is 0 Å². The van der Waals surface area contributed by atoms with Gasteiger partial charge in [-0.25, -0.2) is 4.39 Å². The number of aliphatic hydroxyl groups is 2. The molecule has 1 aliphatic heterocycles. The highest BCUT2D eigenvalue weighted by molar-refractivity contribution is 6.30. The number of nitrogens with one attached hydrogen (secondary N) is 1. The fourth-order valence-corrected chi connectivity index (χ4v) is 4.98. The van der Waals surface area contributed by atoms with Gasteiger partial charge in [0.05, 0.1) is 16.1 Å². The van der Waals surface area contributed by atoms with Crippen molar-refractivity contribution in [3.8, 4) is 11.1 Å². The molecule has 1 aliphatic carbocycles. The van der Waals surface area contributed by atoms with Crippen molar-refractivity contribution in [2.24, 2.45) is 0 Å². The zero-order chi connectivity index (χ0) is 24.3. The minimum Gasteiger partial charge on any atom is -0.509 e. The average molecular weight is 484 g/mol. The SMILES string of the molecule is Cc1ccc(-c2ccc(Cl)c(F)c2)c(C)c1C1=C(O)[C@]2(CC[C@](O)(C(F)(F)F)CC2)NC1=O. The van der Waals surface area contributed by atoms with Gasteiger partial charge in [-0.05, 0) is 79.5 Å². The van der Waals surface area contributed by atoms with Gasteiger partial charge in [-0.3, -0.25) is 4.79 Å². The monoisotopic (exact) mass is 483 g/mol. The smallest absolute Gasteiger partial charge is 0.417 e. The molecule has 1 heterocycles. The highest BCUT2D eigenvalue weighted by Crippen LogP contribution is 2.49. The van der Waals surface area contributed by atoms with Crippen molar-refractivity contribution in [3.63, 3.8) is 0 Å². The second kappa shape index (κ2) is 7.74. The molecule has 33 heavy (non-hydrogen) atoms. The summed E-state index contributed by atoms with van der Waals surface area (Å²) in [4.78, 5) is 13.0. The number of carbonyl (C=O) groups excluding carboxylic acids is 1. The number of carbonyl (C=O) groups is 1. The first-order chi connectivity index (χ1) is 15.3. The Kier molecular flexibility index (Phi) is 5.53. The summed E-state index contributed by atoms with van der Waals surface area (Å²) in [6, 6.07) is 7.82. The molecular weight excluding hydrogens is 462 g/mol. The average Bonchev–Trinajstić information content (AvgIpc) is 2.96. The van der Waals surface area contributed by atoms with Gasteiger partial charge in [0.2, 0.25) is 0 Å². The van der Waals surface area contributed by atoms with Crippen LogP contribution in [0.15, 0.2) is 36.1 Å². The lowest BCUT2D eigenvalue weighted by Gasteiger charge is -2.42. The van der Waals surface area contributed by atoms with Gasteiger partial charge in [-0.1, -0.05) is 29.8 Å². The van der Waals surface area contributed by atoms with Crippen LogP contribution < -0.4 is 5.32 Å². The minimum atomic E-state index is -4.80.